The maximum absolute atomic E-state index is 11.9. The summed E-state index contributed by atoms with van der Waals surface area (Å²) in [5.41, 5.74) is 5.54. The monoisotopic (exact) mass is 272 g/mol. The fourth-order valence-corrected chi connectivity index (χ4v) is 2.14. The number of likely N-dealkylation sites (tertiary alicyclic amines) is 1. The lowest BCUT2D eigenvalue weighted by molar-refractivity contribution is -0.152. The van der Waals surface area contributed by atoms with Gasteiger partial charge in [0, 0.05) is 13.1 Å². The highest BCUT2D eigenvalue weighted by atomic mass is 16.5. The number of piperidine rings is 1. The average Bonchev–Trinajstić information content (AvgIpc) is 2.37. The van der Waals surface area contributed by atoms with E-state index < -0.39 is 24.3 Å². The highest BCUT2D eigenvalue weighted by molar-refractivity contribution is 5.86. The second kappa shape index (κ2) is 7.08. The number of carboxylic acid groups (broad SMARTS) is 1. The van der Waals surface area contributed by atoms with Crippen LogP contribution in [0.25, 0.3) is 0 Å². The number of carboxylic acids is 1. The fraction of sp³-hybridized carbons (Fsp3) is 0.750. The smallest absolute Gasteiger partial charge is 0.310 e. The van der Waals surface area contributed by atoms with Crippen molar-refractivity contribution < 1.29 is 24.2 Å². The topological polar surface area (TPSA) is 110 Å². The van der Waals surface area contributed by atoms with Gasteiger partial charge in [0.15, 0.2) is 0 Å². The van der Waals surface area contributed by atoms with Crippen LogP contribution in [0, 0.1) is 5.92 Å². The van der Waals surface area contributed by atoms with Crippen molar-refractivity contribution >= 4 is 17.8 Å². The number of nitrogens with two attached hydrogens (primary N) is 1. The molecule has 0 aromatic carbocycles. The zero-order valence-corrected chi connectivity index (χ0v) is 11.0. The van der Waals surface area contributed by atoms with Gasteiger partial charge in [-0.1, -0.05) is 0 Å². The lowest BCUT2D eigenvalue weighted by atomic mass is 9.97. The van der Waals surface area contributed by atoms with Crippen LogP contribution in [0.1, 0.15) is 26.2 Å². The number of carbonyl (C=O) groups is 3. The Labute approximate surface area is 111 Å². The maximum Gasteiger partial charge on any atom is 0.310 e. The molecule has 108 valence electrons. The van der Waals surface area contributed by atoms with Gasteiger partial charge in [-0.05, 0) is 19.8 Å². The number of rotatable bonds is 5. The van der Waals surface area contributed by atoms with Crippen LogP contribution >= 0.6 is 0 Å². The molecule has 1 saturated heterocycles. The molecule has 0 saturated carbocycles. The van der Waals surface area contributed by atoms with Crippen LogP contribution in [0.4, 0.5) is 0 Å². The van der Waals surface area contributed by atoms with Gasteiger partial charge in [0.2, 0.25) is 5.91 Å². The van der Waals surface area contributed by atoms with Crippen molar-refractivity contribution in [3.05, 3.63) is 0 Å². The SMILES string of the molecule is CCOC(=O)C1CCCN(C(=O)C(N)CC(=O)O)C1. The van der Waals surface area contributed by atoms with Crippen LogP contribution < -0.4 is 5.73 Å². The normalized spacial score (nSPS) is 20.7. The minimum absolute atomic E-state index is 0.255. The fourth-order valence-electron chi connectivity index (χ4n) is 2.14. The Kier molecular flexibility index (Phi) is 5.75. The molecule has 0 aliphatic carbocycles. The Morgan fingerprint density at radius 3 is 2.74 bits per heavy atom. The Morgan fingerprint density at radius 1 is 1.47 bits per heavy atom. The van der Waals surface area contributed by atoms with Crippen LogP contribution in [0.15, 0.2) is 0 Å². The Hall–Kier alpha value is -1.63. The first-order valence-electron chi connectivity index (χ1n) is 6.38. The molecule has 1 rings (SSSR count). The van der Waals surface area contributed by atoms with Gasteiger partial charge >= 0.3 is 11.9 Å². The predicted molar refractivity (Wildman–Crippen MR) is 66.2 cm³/mol. The Morgan fingerprint density at radius 2 is 2.16 bits per heavy atom. The van der Waals surface area contributed by atoms with E-state index in [9.17, 15) is 14.4 Å². The lowest BCUT2D eigenvalue weighted by Gasteiger charge is -2.32. The van der Waals surface area contributed by atoms with E-state index in [0.717, 1.165) is 0 Å². The summed E-state index contributed by atoms with van der Waals surface area (Å²) in [6, 6.07) is -1.06. The summed E-state index contributed by atoms with van der Waals surface area (Å²) in [6.45, 7) is 2.79. The summed E-state index contributed by atoms with van der Waals surface area (Å²) in [5.74, 6) is -2.18. The van der Waals surface area contributed by atoms with E-state index in [1.165, 1.54) is 4.90 Å². The molecule has 1 heterocycles. The third kappa shape index (κ3) is 4.51. The van der Waals surface area contributed by atoms with Crippen molar-refractivity contribution in [1.29, 1.82) is 0 Å². The zero-order valence-electron chi connectivity index (χ0n) is 11.0. The Bertz CT molecular complexity index is 358. The molecular weight excluding hydrogens is 252 g/mol. The molecule has 3 N–H and O–H groups in total. The van der Waals surface area contributed by atoms with E-state index in [1.807, 2.05) is 0 Å². The highest BCUT2D eigenvalue weighted by Gasteiger charge is 2.31. The molecule has 19 heavy (non-hydrogen) atoms. The number of ether oxygens (including phenoxy) is 1. The van der Waals surface area contributed by atoms with Gasteiger partial charge in [0.05, 0.1) is 25.0 Å². The van der Waals surface area contributed by atoms with Gasteiger partial charge in [-0.25, -0.2) is 0 Å². The third-order valence-electron chi connectivity index (χ3n) is 3.06. The number of carbonyl (C=O) groups excluding carboxylic acids is 2. The average molecular weight is 272 g/mol. The molecule has 7 heteroatoms. The molecule has 2 atom stereocenters. The second-order valence-electron chi connectivity index (χ2n) is 4.58. The van der Waals surface area contributed by atoms with E-state index in [-0.39, 0.29) is 18.4 Å². The van der Waals surface area contributed by atoms with E-state index >= 15 is 0 Å². The molecule has 1 amide bonds. The first kappa shape index (κ1) is 15.4. The molecule has 0 bridgehead atoms. The second-order valence-corrected chi connectivity index (χ2v) is 4.58. The lowest BCUT2D eigenvalue weighted by Crippen LogP contribution is -2.50. The number of hydrogen-bond donors (Lipinski definition) is 2. The first-order valence-corrected chi connectivity index (χ1v) is 6.38. The number of aliphatic carboxylic acids is 1. The molecule has 0 aromatic heterocycles. The predicted octanol–water partition coefficient (Wildman–Crippen LogP) is -0.410. The van der Waals surface area contributed by atoms with Crippen molar-refractivity contribution in [2.45, 2.75) is 32.2 Å². The van der Waals surface area contributed by atoms with Crippen LogP contribution in [0.2, 0.25) is 0 Å². The molecule has 0 spiro atoms. The summed E-state index contributed by atoms with van der Waals surface area (Å²) < 4.78 is 4.93. The van der Waals surface area contributed by atoms with E-state index in [4.69, 9.17) is 15.6 Å². The van der Waals surface area contributed by atoms with Crippen LogP contribution in [-0.4, -0.2) is 53.6 Å². The van der Waals surface area contributed by atoms with Gasteiger partial charge in [0.25, 0.3) is 0 Å². The number of esters is 1. The first-order chi connectivity index (χ1) is 8.95. The van der Waals surface area contributed by atoms with Gasteiger partial charge < -0.3 is 20.5 Å². The van der Waals surface area contributed by atoms with Crippen LogP contribution in [0.3, 0.4) is 0 Å². The molecule has 1 fully saturated rings. The number of amides is 1. The van der Waals surface area contributed by atoms with Crippen molar-refractivity contribution in [1.82, 2.24) is 4.90 Å². The third-order valence-corrected chi connectivity index (χ3v) is 3.06. The molecule has 1 aliphatic rings. The minimum atomic E-state index is -1.11. The summed E-state index contributed by atoms with van der Waals surface area (Å²) >= 11 is 0. The molecule has 0 aromatic rings. The summed E-state index contributed by atoms with van der Waals surface area (Å²) in [6.07, 6.45) is 0.963. The van der Waals surface area contributed by atoms with Crippen LogP contribution in [0.5, 0.6) is 0 Å². The summed E-state index contributed by atoms with van der Waals surface area (Å²) in [4.78, 5) is 35.6. The van der Waals surface area contributed by atoms with E-state index in [0.29, 0.717) is 26.0 Å². The van der Waals surface area contributed by atoms with Crippen molar-refractivity contribution in [3.63, 3.8) is 0 Å². The molecule has 7 nitrogen and oxygen atoms in total. The maximum atomic E-state index is 11.9. The van der Waals surface area contributed by atoms with Gasteiger partial charge in [-0.3, -0.25) is 14.4 Å². The summed E-state index contributed by atoms with van der Waals surface area (Å²) in [7, 11) is 0. The van der Waals surface area contributed by atoms with Gasteiger partial charge in [-0.2, -0.15) is 0 Å². The molecule has 1 aliphatic heterocycles. The largest absolute Gasteiger partial charge is 0.481 e. The summed E-state index contributed by atoms with van der Waals surface area (Å²) in [5, 5.41) is 8.62. The van der Waals surface area contributed by atoms with Gasteiger partial charge in [-0.15, -0.1) is 0 Å². The molecule has 2 unspecified atom stereocenters. The van der Waals surface area contributed by atoms with Crippen molar-refractivity contribution in [3.8, 4) is 0 Å². The van der Waals surface area contributed by atoms with Crippen molar-refractivity contribution in [2.75, 3.05) is 19.7 Å². The van der Waals surface area contributed by atoms with E-state index in [1.54, 1.807) is 6.92 Å². The standard InChI is InChI=1S/C12H20N2O5/c1-2-19-12(18)8-4-3-5-14(7-8)11(17)9(13)6-10(15)16/h8-9H,2-7,13H2,1H3,(H,15,16). The number of nitrogens with zero attached hydrogens (tertiary/aromatic N) is 1. The quantitative estimate of drug-likeness (QED) is 0.658. The number of hydrogen-bond acceptors (Lipinski definition) is 5. The van der Waals surface area contributed by atoms with Crippen molar-refractivity contribution in [2.24, 2.45) is 11.7 Å². The van der Waals surface area contributed by atoms with E-state index in [2.05, 4.69) is 0 Å². The molecular formula is C12H20N2O5. The Balaban J connectivity index is 2.56. The highest BCUT2D eigenvalue weighted by Crippen LogP contribution is 2.18. The zero-order chi connectivity index (χ0) is 14.4. The van der Waals surface area contributed by atoms with Gasteiger partial charge in [0.1, 0.15) is 0 Å². The minimum Gasteiger partial charge on any atom is -0.481 e. The van der Waals surface area contributed by atoms with Crippen LogP contribution in [-0.2, 0) is 19.1 Å². The molecule has 0 radical (unpaired) electrons.